The molecule has 0 bridgehead atoms. The average Bonchev–Trinajstić information content (AvgIpc) is 1.60. The summed E-state index contributed by atoms with van der Waals surface area (Å²) in [6.45, 7) is 0. The lowest BCUT2D eigenvalue weighted by Crippen LogP contribution is -2.30. The summed E-state index contributed by atoms with van der Waals surface area (Å²) in [5.74, 6) is -0.393. The third-order valence-electron chi connectivity index (χ3n) is 1.64. The van der Waals surface area contributed by atoms with Crippen LogP contribution in [-0.2, 0) is 4.79 Å². The molecular formula is C5H8ClNO2. The number of nitrogens with zero attached hydrogens (tertiary/aromatic N) is 1. The Labute approximate surface area is 58.3 Å². The van der Waals surface area contributed by atoms with Crippen LogP contribution < -0.4 is 0 Å². The molecule has 0 atom stereocenters. The van der Waals surface area contributed by atoms with Gasteiger partial charge in [-0.05, 0) is 12.8 Å². The maximum Gasteiger partial charge on any atom is 0.264 e. The third kappa shape index (κ3) is 1.34. The number of carbonyl (C=O) groups excluding carboxylic acids is 1. The van der Waals surface area contributed by atoms with Crippen LogP contribution in [0.5, 0.6) is 0 Å². The van der Waals surface area contributed by atoms with Crippen LogP contribution in [-0.4, -0.2) is 15.7 Å². The SMILES string of the molecule is O=C(C1CCC1)N(O)Cl. The lowest BCUT2D eigenvalue weighted by atomic mass is 9.85. The van der Waals surface area contributed by atoms with Crippen molar-refractivity contribution in [1.82, 2.24) is 4.58 Å². The molecule has 0 radical (unpaired) electrons. The van der Waals surface area contributed by atoms with E-state index in [2.05, 4.69) is 0 Å². The lowest BCUT2D eigenvalue weighted by Gasteiger charge is -2.24. The monoisotopic (exact) mass is 149 g/mol. The molecule has 0 saturated heterocycles. The molecule has 1 fully saturated rings. The van der Waals surface area contributed by atoms with Crippen molar-refractivity contribution in [2.45, 2.75) is 19.3 Å². The number of hydroxylamine groups is 1. The van der Waals surface area contributed by atoms with Gasteiger partial charge in [0, 0.05) is 17.7 Å². The van der Waals surface area contributed by atoms with E-state index < -0.39 is 0 Å². The van der Waals surface area contributed by atoms with Crippen LogP contribution in [0.4, 0.5) is 0 Å². The molecule has 0 aromatic heterocycles. The van der Waals surface area contributed by atoms with Crippen LogP contribution in [0, 0.1) is 5.92 Å². The minimum atomic E-state index is -0.372. The van der Waals surface area contributed by atoms with Crippen LogP contribution in [0.1, 0.15) is 19.3 Å². The predicted octanol–water partition coefficient (Wildman–Crippen LogP) is 1.16. The van der Waals surface area contributed by atoms with Crippen LogP contribution in [0.3, 0.4) is 0 Å². The molecule has 0 aromatic rings. The fraction of sp³-hybridized carbons (Fsp3) is 0.800. The highest BCUT2D eigenvalue weighted by molar-refractivity contribution is 6.20. The molecule has 1 amide bonds. The van der Waals surface area contributed by atoms with E-state index in [4.69, 9.17) is 17.0 Å². The standard InChI is InChI=1S/C5H8ClNO2/c6-7(9)5(8)4-2-1-3-4/h4,9H,1-3H2. The molecule has 3 nitrogen and oxygen atoms in total. The zero-order valence-corrected chi connectivity index (χ0v) is 5.64. The van der Waals surface area contributed by atoms with Crippen LogP contribution in [0.2, 0.25) is 0 Å². The van der Waals surface area contributed by atoms with Gasteiger partial charge in [-0.2, -0.15) is 0 Å². The normalized spacial score (nSPS) is 18.9. The lowest BCUT2D eigenvalue weighted by molar-refractivity contribution is -0.153. The van der Waals surface area contributed by atoms with Gasteiger partial charge in [0.2, 0.25) is 0 Å². The van der Waals surface area contributed by atoms with Crippen molar-refractivity contribution in [2.24, 2.45) is 5.92 Å². The molecule has 1 saturated carbocycles. The third-order valence-corrected chi connectivity index (χ3v) is 1.80. The van der Waals surface area contributed by atoms with E-state index >= 15 is 0 Å². The van der Waals surface area contributed by atoms with Crippen molar-refractivity contribution in [2.75, 3.05) is 0 Å². The van der Waals surface area contributed by atoms with E-state index in [9.17, 15) is 4.79 Å². The summed E-state index contributed by atoms with van der Waals surface area (Å²) < 4.78 is 0.157. The molecule has 9 heavy (non-hydrogen) atoms. The van der Waals surface area contributed by atoms with Gasteiger partial charge in [0.05, 0.1) is 0 Å². The van der Waals surface area contributed by atoms with Crippen molar-refractivity contribution < 1.29 is 10.0 Å². The maximum atomic E-state index is 10.7. The second kappa shape index (κ2) is 2.54. The number of amides is 1. The number of rotatable bonds is 1. The van der Waals surface area contributed by atoms with Crippen molar-refractivity contribution in [1.29, 1.82) is 0 Å². The molecule has 0 spiro atoms. The fourth-order valence-electron chi connectivity index (χ4n) is 0.806. The largest absolute Gasteiger partial charge is 0.271 e. The predicted molar refractivity (Wildman–Crippen MR) is 31.8 cm³/mol. The van der Waals surface area contributed by atoms with E-state index in [-0.39, 0.29) is 16.4 Å². The molecule has 4 heteroatoms. The van der Waals surface area contributed by atoms with Crippen molar-refractivity contribution >= 4 is 17.7 Å². The quantitative estimate of drug-likeness (QED) is 0.345. The van der Waals surface area contributed by atoms with Gasteiger partial charge in [-0.25, -0.2) is 0 Å². The Kier molecular flexibility index (Phi) is 1.93. The number of halogens is 1. The van der Waals surface area contributed by atoms with Crippen LogP contribution in [0.15, 0.2) is 0 Å². The molecular weight excluding hydrogens is 142 g/mol. The van der Waals surface area contributed by atoms with Crippen molar-refractivity contribution in [3.63, 3.8) is 0 Å². The first-order chi connectivity index (χ1) is 4.22. The summed E-state index contributed by atoms with van der Waals surface area (Å²) in [4.78, 5) is 10.7. The summed E-state index contributed by atoms with van der Waals surface area (Å²) in [5.41, 5.74) is 0. The Morgan fingerprint density at radius 3 is 2.33 bits per heavy atom. The maximum absolute atomic E-state index is 10.7. The number of carbonyl (C=O) groups is 1. The smallest absolute Gasteiger partial charge is 0.264 e. The second-order valence-corrected chi connectivity index (χ2v) is 2.55. The topological polar surface area (TPSA) is 40.5 Å². The first-order valence-electron chi connectivity index (χ1n) is 2.90. The van der Waals surface area contributed by atoms with Crippen LogP contribution in [0.25, 0.3) is 0 Å². The van der Waals surface area contributed by atoms with Gasteiger partial charge >= 0.3 is 0 Å². The highest BCUT2D eigenvalue weighted by atomic mass is 35.5. The molecule has 0 aliphatic heterocycles. The Morgan fingerprint density at radius 2 is 2.22 bits per heavy atom. The zero-order valence-electron chi connectivity index (χ0n) is 4.88. The molecule has 0 heterocycles. The molecule has 1 aliphatic carbocycles. The Bertz CT molecular complexity index is 122. The molecule has 1 aliphatic rings. The van der Waals surface area contributed by atoms with Crippen LogP contribution >= 0.6 is 11.8 Å². The van der Waals surface area contributed by atoms with Crippen molar-refractivity contribution in [3.8, 4) is 0 Å². The Morgan fingerprint density at radius 1 is 1.67 bits per heavy atom. The summed E-state index contributed by atoms with van der Waals surface area (Å²) in [7, 11) is 0. The number of hydrogen-bond acceptors (Lipinski definition) is 2. The summed E-state index contributed by atoms with van der Waals surface area (Å²) in [5, 5.41) is 8.41. The first-order valence-corrected chi connectivity index (χ1v) is 3.24. The van der Waals surface area contributed by atoms with Gasteiger partial charge in [-0.3, -0.25) is 10.0 Å². The average molecular weight is 150 g/mol. The van der Waals surface area contributed by atoms with E-state index in [1.165, 1.54) is 0 Å². The van der Waals surface area contributed by atoms with Crippen molar-refractivity contribution in [3.05, 3.63) is 0 Å². The fourth-order valence-corrected chi connectivity index (χ4v) is 0.944. The van der Waals surface area contributed by atoms with Gasteiger partial charge in [0.25, 0.3) is 5.91 Å². The minimum Gasteiger partial charge on any atom is -0.271 e. The Hall–Kier alpha value is -0.280. The van der Waals surface area contributed by atoms with E-state index in [1.807, 2.05) is 0 Å². The van der Waals surface area contributed by atoms with Gasteiger partial charge < -0.3 is 0 Å². The summed E-state index contributed by atoms with van der Waals surface area (Å²) in [6, 6.07) is 0. The van der Waals surface area contributed by atoms with Gasteiger partial charge in [0.15, 0.2) is 0 Å². The van der Waals surface area contributed by atoms with Gasteiger partial charge in [0.1, 0.15) is 0 Å². The number of hydrogen-bond donors (Lipinski definition) is 1. The van der Waals surface area contributed by atoms with E-state index in [0.29, 0.717) is 0 Å². The highest BCUT2D eigenvalue weighted by Crippen LogP contribution is 2.27. The molecule has 1 N–H and O–H groups in total. The second-order valence-electron chi connectivity index (χ2n) is 2.23. The first kappa shape index (κ1) is 6.83. The molecule has 1 rings (SSSR count). The zero-order chi connectivity index (χ0) is 6.85. The Balaban J connectivity index is 2.32. The van der Waals surface area contributed by atoms with E-state index in [0.717, 1.165) is 19.3 Å². The molecule has 0 aromatic carbocycles. The molecule has 0 unspecified atom stereocenters. The van der Waals surface area contributed by atoms with E-state index in [1.54, 1.807) is 0 Å². The van der Waals surface area contributed by atoms with Gasteiger partial charge in [-0.1, -0.05) is 6.42 Å². The summed E-state index contributed by atoms with van der Waals surface area (Å²) >= 11 is 4.98. The summed E-state index contributed by atoms with van der Waals surface area (Å²) in [6.07, 6.45) is 2.80. The highest BCUT2D eigenvalue weighted by Gasteiger charge is 2.28. The minimum absolute atomic E-state index is 0.0208. The van der Waals surface area contributed by atoms with Gasteiger partial charge in [-0.15, -0.1) is 4.58 Å². The molecule has 52 valence electrons.